The Balaban J connectivity index is 1.08. The molecule has 2 aromatic carbocycles. The third-order valence-corrected chi connectivity index (χ3v) is 8.03. The fourth-order valence-electron chi connectivity index (χ4n) is 6.02. The number of benzene rings is 2. The molecule has 6 aromatic rings. The Morgan fingerprint density at radius 1 is 1.00 bits per heavy atom. The Morgan fingerprint density at radius 2 is 1.87 bits per heavy atom. The van der Waals surface area contributed by atoms with Gasteiger partial charge in [-0.25, -0.2) is 9.97 Å². The highest BCUT2D eigenvalue weighted by Crippen LogP contribution is 2.37. The van der Waals surface area contributed by atoms with Gasteiger partial charge in [0.25, 0.3) is 0 Å². The van der Waals surface area contributed by atoms with E-state index in [-0.39, 0.29) is 0 Å². The minimum atomic E-state index is 0.583. The SMILES string of the molecule is CCc1c(-c2ccnc3[nH]ncc23)[nH]c2ccc(C3CCN(Cc4c[nH]c(-c5ccccc5)n4)CC3)cc12. The summed E-state index contributed by atoms with van der Waals surface area (Å²) >= 11 is 0. The molecule has 5 heterocycles. The number of aromatic amines is 3. The molecule has 4 aromatic heterocycles. The van der Waals surface area contributed by atoms with Crippen molar-refractivity contribution in [1.82, 2.24) is 35.0 Å². The van der Waals surface area contributed by atoms with Crippen LogP contribution in [0, 0.1) is 0 Å². The highest BCUT2D eigenvalue weighted by molar-refractivity contribution is 5.98. The van der Waals surface area contributed by atoms with Gasteiger partial charge in [-0.15, -0.1) is 0 Å². The molecule has 7 nitrogen and oxygen atoms in total. The largest absolute Gasteiger partial charge is 0.354 e. The van der Waals surface area contributed by atoms with Crippen molar-refractivity contribution >= 4 is 21.9 Å². The van der Waals surface area contributed by atoms with E-state index in [2.05, 4.69) is 91.7 Å². The number of aryl methyl sites for hydroxylation is 1. The maximum Gasteiger partial charge on any atom is 0.155 e. The first-order valence-corrected chi connectivity index (χ1v) is 13.5. The lowest BCUT2D eigenvalue weighted by Crippen LogP contribution is -2.32. The van der Waals surface area contributed by atoms with Crippen LogP contribution in [-0.4, -0.2) is 48.1 Å². The van der Waals surface area contributed by atoms with Gasteiger partial charge in [-0.2, -0.15) is 5.10 Å². The number of nitrogens with zero attached hydrogens (tertiary/aromatic N) is 4. The maximum absolute atomic E-state index is 4.84. The molecule has 0 radical (unpaired) electrons. The first-order chi connectivity index (χ1) is 18.8. The molecule has 0 spiro atoms. The molecular weight excluding hydrogens is 470 g/mol. The Morgan fingerprint density at radius 3 is 2.71 bits per heavy atom. The zero-order valence-electron chi connectivity index (χ0n) is 21.5. The summed E-state index contributed by atoms with van der Waals surface area (Å²) in [4.78, 5) is 18.8. The third kappa shape index (κ3) is 4.09. The molecule has 0 unspecified atom stereocenters. The molecule has 38 heavy (non-hydrogen) atoms. The van der Waals surface area contributed by atoms with Gasteiger partial charge in [-0.05, 0) is 67.6 Å². The van der Waals surface area contributed by atoms with Gasteiger partial charge in [0.1, 0.15) is 5.82 Å². The minimum absolute atomic E-state index is 0.583. The molecule has 1 fully saturated rings. The van der Waals surface area contributed by atoms with Crippen LogP contribution in [0.3, 0.4) is 0 Å². The number of imidazole rings is 1. The van der Waals surface area contributed by atoms with Crippen LogP contribution in [0.4, 0.5) is 0 Å². The molecule has 1 aliphatic rings. The van der Waals surface area contributed by atoms with Gasteiger partial charge in [0.2, 0.25) is 0 Å². The van der Waals surface area contributed by atoms with Gasteiger partial charge in [0.15, 0.2) is 5.65 Å². The number of fused-ring (bicyclic) bond motifs is 2. The van der Waals surface area contributed by atoms with E-state index < -0.39 is 0 Å². The Hall–Kier alpha value is -4.23. The smallest absolute Gasteiger partial charge is 0.155 e. The van der Waals surface area contributed by atoms with Gasteiger partial charge in [0, 0.05) is 46.4 Å². The summed E-state index contributed by atoms with van der Waals surface area (Å²) in [6.45, 7) is 5.31. The normalized spacial score (nSPS) is 15.1. The molecule has 7 heteroatoms. The number of hydrogen-bond acceptors (Lipinski definition) is 4. The number of likely N-dealkylation sites (tertiary alicyclic amines) is 1. The number of nitrogens with one attached hydrogen (secondary N) is 3. The zero-order valence-corrected chi connectivity index (χ0v) is 21.5. The van der Waals surface area contributed by atoms with Gasteiger partial charge >= 0.3 is 0 Å². The molecule has 0 aliphatic carbocycles. The number of aromatic nitrogens is 6. The Kier molecular flexibility index (Phi) is 5.78. The molecular formula is C31H31N7. The molecule has 0 bridgehead atoms. The summed E-state index contributed by atoms with van der Waals surface area (Å²) in [6.07, 6.45) is 9.07. The van der Waals surface area contributed by atoms with Crippen molar-refractivity contribution in [3.63, 3.8) is 0 Å². The molecule has 0 atom stereocenters. The molecule has 0 amide bonds. The number of rotatable bonds is 6. The maximum atomic E-state index is 4.84. The fourth-order valence-corrected chi connectivity index (χ4v) is 6.02. The Labute approximate surface area is 221 Å². The van der Waals surface area contributed by atoms with Crippen LogP contribution in [0.25, 0.3) is 44.6 Å². The van der Waals surface area contributed by atoms with Crippen molar-refractivity contribution in [3.05, 3.63) is 90.0 Å². The van der Waals surface area contributed by atoms with E-state index in [0.29, 0.717) is 5.92 Å². The predicted molar refractivity (Wildman–Crippen MR) is 152 cm³/mol. The third-order valence-electron chi connectivity index (χ3n) is 8.03. The minimum Gasteiger partial charge on any atom is -0.354 e. The van der Waals surface area contributed by atoms with Crippen molar-refractivity contribution in [1.29, 1.82) is 0 Å². The second-order valence-electron chi connectivity index (χ2n) is 10.3. The summed E-state index contributed by atoms with van der Waals surface area (Å²) in [7, 11) is 0. The van der Waals surface area contributed by atoms with E-state index >= 15 is 0 Å². The lowest BCUT2D eigenvalue weighted by Gasteiger charge is -2.31. The predicted octanol–water partition coefficient (Wildman–Crippen LogP) is 6.44. The van der Waals surface area contributed by atoms with Gasteiger partial charge in [-0.3, -0.25) is 10.00 Å². The summed E-state index contributed by atoms with van der Waals surface area (Å²) in [6, 6.07) is 19.4. The Bertz CT molecular complexity index is 1700. The summed E-state index contributed by atoms with van der Waals surface area (Å²) in [5, 5.41) is 9.59. The fraction of sp³-hybridized carbons (Fsp3) is 0.258. The van der Waals surface area contributed by atoms with Crippen molar-refractivity contribution in [3.8, 4) is 22.6 Å². The standard InChI is InChI=1S/C31H31N7/c1-2-24-26-16-22(8-9-28(26)36-29(24)25-10-13-32-31-27(25)18-34-37-31)20-11-14-38(15-12-20)19-23-17-33-30(35-23)21-6-4-3-5-7-21/h3-10,13,16-18,20,36H,2,11-12,14-15,19H2,1H3,(H,33,35)(H,32,34,37). The van der Waals surface area contributed by atoms with E-state index in [4.69, 9.17) is 4.98 Å². The quantitative estimate of drug-likeness (QED) is 0.245. The number of pyridine rings is 1. The number of piperidine rings is 1. The van der Waals surface area contributed by atoms with Crippen molar-refractivity contribution in [2.45, 2.75) is 38.6 Å². The van der Waals surface area contributed by atoms with E-state index in [1.54, 1.807) is 0 Å². The van der Waals surface area contributed by atoms with E-state index in [1.165, 1.54) is 40.6 Å². The van der Waals surface area contributed by atoms with Crippen molar-refractivity contribution < 1.29 is 0 Å². The van der Waals surface area contributed by atoms with Crippen LogP contribution >= 0.6 is 0 Å². The zero-order chi connectivity index (χ0) is 25.5. The van der Waals surface area contributed by atoms with Gasteiger partial charge in [0.05, 0.1) is 17.6 Å². The molecule has 0 saturated carbocycles. The molecule has 3 N–H and O–H groups in total. The summed E-state index contributed by atoms with van der Waals surface area (Å²) in [5.74, 6) is 1.53. The van der Waals surface area contributed by atoms with Gasteiger partial charge in [-0.1, -0.05) is 43.3 Å². The second kappa shape index (κ2) is 9.58. The number of H-pyrrole nitrogens is 3. The lowest BCUT2D eigenvalue weighted by molar-refractivity contribution is 0.203. The first kappa shape index (κ1) is 22.9. The first-order valence-electron chi connectivity index (χ1n) is 13.5. The van der Waals surface area contributed by atoms with Crippen LogP contribution in [0.5, 0.6) is 0 Å². The van der Waals surface area contributed by atoms with E-state index in [0.717, 1.165) is 59.7 Å². The summed E-state index contributed by atoms with van der Waals surface area (Å²) < 4.78 is 0. The van der Waals surface area contributed by atoms with Crippen LogP contribution < -0.4 is 0 Å². The monoisotopic (exact) mass is 501 g/mol. The van der Waals surface area contributed by atoms with Crippen molar-refractivity contribution in [2.75, 3.05) is 13.1 Å². The number of hydrogen-bond donors (Lipinski definition) is 3. The van der Waals surface area contributed by atoms with E-state index in [1.807, 2.05) is 18.5 Å². The van der Waals surface area contributed by atoms with Crippen LogP contribution in [-0.2, 0) is 13.0 Å². The molecule has 190 valence electrons. The second-order valence-corrected chi connectivity index (χ2v) is 10.3. The average Bonchev–Trinajstić information content (AvgIpc) is 3.72. The highest BCUT2D eigenvalue weighted by Gasteiger charge is 2.23. The molecule has 1 saturated heterocycles. The average molecular weight is 502 g/mol. The van der Waals surface area contributed by atoms with Crippen molar-refractivity contribution in [2.24, 2.45) is 0 Å². The lowest BCUT2D eigenvalue weighted by atomic mass is 9.88. The van der Waals surface area contributed by atoms with Crippen LogP contribution in [0.1, 0.15) is 42.5 Å². The summed E-state index contributed by atoms with van der Waals surface area (Å²) in [5.41, 5.74) is 9.40. The van der Waals surface area contributed by atoms with E-state index in [9.17, 15) is 0 Å². The van der Waals surface area contributed by atoms with Crippen LogP contribution in [0.15, 0.2) is 73.2 Å². The van der Waals surface area contributed by atoms with Crippen LogP contribution in [0.2, 0.25) is 0 Å². The molecule has 1 aliphatic heterocycles. The highest BCUT2D eigenvalue weighted by atomic mass is 15.1. The molecule has 7 rings (SSSR count). The van der Waals surface area contributed by atoms with Gasteiger partial charge < -0.3 is 9.97 Å². The topological polar surface area (TPSA) is 89.3 Å².